The average Bonchev–Trinajstić information content (AvgIpc) is 0.767. The number of pyridine rings is 2. The number of aryl methyl sites for hydroxylation is 4. The van der Waals surface area contributed by atoms with Crippen LogP contribution in [0.4, 0.5) is 43.9 Å². The summed E-state index contributed by atoms with van der Waals surface area (Å²) in [5, 5.41) is 15.2. The Hall–Kier alpha value is -7.42. The molecule has 2 saturated carbocycles. The van der Waals surface area contributed by atoms with Gasteiger partial charge in [-0.15, -0.1) is 0 Å². The minimum Gasteiger partial charge on any atom is -0.481 e. The number of halogens is 10. The van der Waals surface area contributed by atoms with Crippen LogP contribution in [0.15, 0.2) is 82.6 Å². The van der Waals surface area contributed by atoms with E-state index in [9.17, 15) is 69.0 Å². The minimum atomic E-state index is -4.79. The Morgan fingerprint density at radius 2 is 0.913 bits per heavy atom. The molecule has 2 aliphatic carbocycles. The highest BCUT2D eigenvalue weighted by Crippen LogP contribution is 2.49. The van der Waals surface area contributed by atoms with Gasteiger partial charge in [-0.05, 0) is 226 Å². The van der Waals surface area contributed by atoms with Crippen molar-refractivity contribution < 1.29 is 72.9 Å². The van der Waals surface area contributed by atoms with Gasteiger partial charge in [-0.3, -0.25) is 28.8 Å². The topological polar surface area (TPSA) is 172 Å². The maximum Gasteiger partial charge on any atom is 0.416 e. The van der Waals surface area contributed by atoms with Crippen LogP contribution in [0.1, 0.15) is 190 Å². The molecule has 2 amide bonds. The number of likely N-dealkylation sites (tertiary alicyclic amines) is 2. The molecule has 104 heavy (non-hydrogen) atoms. The van der Waals surface area contributed by atoms with E-state index in [2.05, 4.69) is 20.4 Å². The fourth-order valence-electron chi connectivity index (χ4n) is 15.3. The van der Waals surface area contributed by atoms with Gasteiger partial charge in [0.15, 0.2) is 0 Å². The Balaban J connectivity index is 0.000000286. The van der Waals surface area contributed by atoms with Gasteiger partial charge < -0.3 is 39.4 Å². The largest absolute Gasteiger partial charge is 0.481 e. The zero-order chi connectivity index (χ0) is 74.8. The number of carbonyl (C=O) groups is 4. The van der Waals surface area contributed by atoms with Crippen LogP contribution in [-0.4, -0.2) is 93.7 Å². The highest BCUT2D eigenvalue weighted by Gasteiger charge is 2.48. The number of benzene rings is 4. The molecular formula is C78H96F10N6O8S2. The van der Waals surface area contributed by atoms with Gasteiger partial charge in [0.05, 0.1) is 42.7 Å². The monoisotopic (exact) mass is 1500 g/mol. The molecule has 4 atom stereocenters. The summed E-state index contributed by atoms with van der Waals surface area (Å²) in [5.74, 6) is -6.47. The predicted molar refractivity (Wildman–Crippen MR) is 389 cm³/mol. The number of nitrogens with zero attached hydrogens (tertiary/aromatic N) is 4. The molecule has 4 aliphatic rings. The molecule has 2 spiro atoms. The van der Waals surface area contributed by atoms with Gasteiger partial charge in [-0.25, -0.2) is 17.6 Å². The molecule has 2 aliphatic heterocycles. The first-order chi connectivity index (χ1) is 47.8. The number of carboxylic acid groups (broad SMARTS) is 1. The fourth-order valence-corrected chi connectivity index (χ4v) is 15.3. The lowest BCUT2D eigenvalue weighted by atomic mass is 9.63. The van der Waals surface area contributed by atoms with Crippen LogP contribution in [-0.2, 0) is 49.1 Å². The van der Waals surface area contributed by atoms with Crippen molar-refractivity contribution in [2.45, 2.75) is 190 Å². The van der Waals surface area contributed by atoms with Crippen molar-refractivity contribution in [3.05, 3.63) is 184 Å². The van der Waals surface area contributed by atoms with E-state index in [0.717, 1.165) is 85.4 Å². The summed E-state index contributed by atoms with van der Waals surface area (Å²) in [4.78, 5) is 84.2. The quantitative estimate of drug-likeness (QED) is 0.0370. The van der Waals surface area contributed by atoms with E-state index in [1.54, 1.807) is 66.7 Å². The number of carbonyl (C=O) groups excluding carboxylic acids is 3. The summed E-state index contributed by atoms with van der Waals surface area (Å²) in [6.45, 7) is 22.6. The SMILES string of the molecule is CCOC(=O)C[C@H](NC(=O)C(CC(C)C)n1cc(CCN2CC3(CCC3)C2)c(C(F)(F)F)cc1=O)c1cc(-c2c(C)ccc(F)c2C)cc(C)c1F.Cc1cc(-c2c(C)ccc(F)c2C)cc([C@H](CC(=O)O)NC(=O)C(CC(C)C)n2cc(CCN3CC4(CCC4)C3)c(C(F)(F)F)cc2=O)c1F.S.S. The third-order valence-electron chi connectivity index (χ3n) is 20.9. The van der Waals surface area contributed by atoms with E-state index in [1.807, 2.05) is 13.8 Å². The summed E-state index contributed by atoms with van der Waals surface area (Å²) >= 11 is 0. The van der Waals surface area contributed by atoms with Gasteiger partial charge in [0.2, 0.25) is 11.8 Å². The van der Waals surface area contributed by atoms with Crippen LogP contribution in [0.2, 0.25) is 0 Å². The highest BCUT2D eigenvalue weighted by molar-refractivity contribution is 7.59. The minimum absolute atomic E-state index is 0. The maximum atomic E-state index is 16.0. The standard InChI is InChI=1S/C40H48F5N3O4.C38H44F5N3O4.2H2S/c1-7-52-35(50)19-32(29-17-28(16-25(5)37(29)42)36-24(4)9-10-31(41)26(36)6)46-38(51)33(15-23(2)3)48-20-27(30(18-34(48)49)40(43,44)45)11-14-47-21-39(22-47)12-8-13-39;1-21(2)13-31(46-18-25(28(16-32(46)47)38(41,42)43)9-12-45-19-37(20-45)10-6-11-37)36(50)44-30(17-33(48)49)27-15-26(14-23(4)35(27)40)34-22(3)7-8-29(39)24(34)5;;/h9-10,16-18,20,23,32-33H,7-8,11-15,19,21-22H2,1-6H3,(H,46,51);7-8,14-16,18,21,30-31H,6,9-13,17,19-20H2,1-5H3,(H,44,50)(H,48,49);2*1H2/t32-,33?;30-,31?;;/m00../s1. The molecule has 26 heteroatoms. The van der Waals surface area contributed by atoms with Gasteiger partial charge in [0.25, 0.3) is 11.1 Å². The Morgan fingerprint density at radius 3 is 1.23 bits per heavy atom. The highest BCUT2D eigenvalue weighted by atomic mass is 32.1. The number of hydrogen-bond acceptors (Lipinski definition) is 9. The molecular weight excluding hydrogens is 1400 g/mol. The fraction of sp³-hybridized carbons (Fsp3) is 0.513. The molecule has 568 valence electrons. The number of alkyl halides is 6. The summed E-state index contributed by atoms with van der Waals surface area (Å²) in [6.07, 6.45) is -1.57. The molecule has 4 fully saturated rings. The number of ether oxygens (including phenoxy) is 1. The Labute approximate surface area is 614 Å². The second-order valence-electron chi connectivity index (χ2n) is 29.7. The van der Waals surface area contributed by atoms with E-state index in [-0.39, 0.29) is 110 Å². The first kappa shape index (κ1) is 83.8. The smallest absolute Gasteiger partial charge is 0.416 e. The number of carboxylic acids is 1. The Kier molecular flexibility index (Phi) is 27.4. The van der Waals surface area contributed by atoms with Crippen molar-refractivity contribution in [1.29, 1.82) is 0 Å². The second-order valence-corrected chi connectivity index (χ2v) is 29.7. The third-order valence-corrected chi connectivity index (χ3v) is 20.9. The molecule has 2 saturated heterocycles. The molecule has 6 aromatic rings. The van der Waals surface area contributed by atoms with Crippen LogP contribution >= 0.6 is 27.0 Å². The van der Waals surface area contributed by atoms with E-state index < -0.39 is 119 Å². The van der Waals surface area contributed by atoms with Gasteiger partial charge in [0, 0.05) is 74.9 Å². The zero-order valence-corrected chi connectivity index (χ0v) is 62.7. The number of aromatic nitrogens is 2. The predicted octanol–water partition coefficient (Wildman–Crippen LogP) is 16.1. The van der Waals surface area contributed by atoms with Crippen molar-refractivity contribution in [3.8, 4) is 22.3 Å². The molecule has 2 aromatic heterocycles. The number of rotatable bonds is 25. The van der Waals surface area contributed by atoms with Crippen molar-refractivity contribution >= 4 is 50.7 Å². The first-order valence-corrected chi connectivity index (χ1v) is 35.0. The van der Waals surface area contributed by atoms with Crippen LogP contribution in [0.5, 0.6) is 0 Å². The molecule has 3 N–H and O–H groups in total. The zero-order valence-electron chi connectivity index (χ0n) is 60.7. The maximum absolute atomic E-state index is 16.0. The average molecular weight is 1500 g/mol. The molecule has 10 rings (SSSR count). The van der Waals surface area contributed by atoms with E-state index in [1.165, 1.54) is 50.6 Å². The number of hydrogen-bond donors (Lipinski definition) is 3. The van der Waals surface area contributed by atoms with Crippen molar-refractivity contribution in [2.75, 3.05) is 45.9 Å². The third kappa shape index (κ3) is 19.2. The lowest BCUT2D eigenvalue weighted by Gasteiger charge is -2.56. The number of aliphatic carboxylic acids is 1. The Bertz CT molecular complexity index is 4260. The summed E-state index contributed by atoms with van der Waals surface area (Å²) in [5.41, 5.74) is 0.364. The van der Waals surface area contributed by atoms with E-state index in [0.29, 0.717) is 69.6 Å². The molecule has 4 aromatic carbocycles. The van der Waals surface area contributed by atoms with Gasteiger partial charge in [-0.1, -0.05) is 52.7 Å². The van der Waals surface area contributed by atoms with Crippen molar-refractivity contribution in [3.63, 3.8) is 0 Å². The number of esters is 1. The summed E-state index contributed by atoms with van der Waals surface area (Å²) in [7, 11) is 0. The van der Waals surface area contributed by atoms with Crippen LogP contribution in [0.25, 0.3) is 22.3 Å². The van der Waals surface area contributed by atoms with E-state index in [4.69, 9.17) is 4.74 Å². The number of nitrogens with one attached hydrogen (secondary N) is 2. The van der Waals surface area contributed by atoms with Crippen molar-refractivity contribution in [1.82, 2.24) is 29.6 Å². The van der Waals surface area contributed by atoms with Crippen LogP contribution < -0.4 is 21.8 Å². The molecule has 0 bridgehead atoms. The van der Waals surface area contributed by atoms with Crippen LogP contribution in [0.3, 0.4) is 0 Å². The first-order valence-electron chi connectivity index (χ1n) is 35.0. The summed E-state index contributed by atoms with van der Waals surface area (Å²) < 4.78 is 154. The number of amides is 2. The normalized spacial score (nSPS) is 16.5. The van der Waals surface area contributed by atoms with Gasteiger partial charge in [-0.2, -0.15) is 53.3 Å². The Morgan fingerprint density at radius 1 is 0.548 bits per heavy atom. The van der Waals surface area contributed by atoms with E-state index >= 15 is 8.78 Å². The molecule has 14 nitrogen and oxygen atoms in total. The lowest BCUT2D eigenvalue weighted by molar-refractivity contribution is -0.144. The molecule has 4 heterocycles. The van der Waals surface area contributed by atoms with Crippen molar-refractivity contribution in [2.24, 2.45) is 22.7 Å². The van der Waals surface area contributed by atoms with Gasteiger partial charge >= 0.3 is 24.3 Å². The molecule has 0 radical (unpaired) electrons. The second kappa shape index (κ2) is 34.0. The summed E-state index contributed by atoms with van der Waals surface area (Å²) in [6, 6.07) is 7.53. The van der Waals surface area contributed by atoms with Gasteiger partial charge in [0.1, 0.15) is 35.4 Å². The molecule has 2 unspecified atom stereocenters. The van der Waals surface area contributed by atoms with Crippen LogP contribution in [0, 0.1) is 87.5 Å². The lowest BCUT2D eigenvalue weighted by Crippen LogP contribution is -2.59.